The molecule has 2 unspecified atom stereocenters. The molecule has 0 radical (unpaired) electrons. The van der Waals surface area contributed by atoms with Crippen LogP contribution < -0.4 is 4.74 Å². The predicted octanol–water partition coefficient (Wildman–Crippen LogP) is 3.47. The van der Waals surface area contributed by atoms with Gasteiger partial charge in [-0.15, -0.1) is 13.2 Å². The Hall–Kier alpha value is -1.31. The van der Waals surface area contributed by atoms with Crippen LogP contribution in [0.25, 0.3) is 0 Å². The second kappa shape index (κ2) is 7.97. The third-order valence-electron chi connectivity index (χ3n) is 5.95. The third-order valence-corrected chi connectivity index (χ3v) is 5.95. The van der Waals surface area contributed by atoms with E-state index in [0.29, 0.717) is 30.9 Å². The first kappa shape index (κ1) is 20.4. The minimum absolute atomic E-state index is 0.224. The molecule has 27 heavy (non-hydrogen) atoms. The summed E-state index contributed by atoms with van der Waals surface area (Å²) in [4.78, 5) is 4.57. The van der Waals surface area contributed by atoms with Crippen molar-refractivity contribution in [2.45, 2.75) is 44.1 Å². The van der Waals surface area contributed by atoms with Gasteiger partial charge in [0.15, 0.2) is 0 Å². The maximum absolute atomic E-state index is 12.6. The molecule has 1 saturated carbocycles. The average molecular weight is 386 g/mol. The second-order valence-corrected chi connectivity index (χ2v) is 8.23. The van der Waals surface area contributed by atoms with Gasteiger partial charge in [0.1, 0.15) is 5.75 Å². The van der Waals surface area contributed by atoms with Gasteiger partial charge in [0.2, 0.25) is 0 Å². The van der Waals surface area contributed by atoms with E-state index in [-0.39, 0.29) is 11.7 Å². The lowest BCUT2D eigenvalue weighted by molar-refractivity contribution is -0.274. The zero-order valence-corrected chi connectivity index (χ0v) is 16.0. The van der Waals surface area contributed by atoms with Crippen molar-refractivity contribution in [2.24, 2.45) is 5.92 Å². The highest BCUT2D eigenvalue weighted by Gasteiger charge is 2.44. The van der Waals surface area contributed by atoms with Crippen LogP contribution >= 0.6 is 0 Å². The first-order valence-electron chi connectivity index (χ1n) is 9.64. The van der Waals surface area contributed by atoms with Crippen LogP contribution in [0, 0.1) is 5.92 Å². The minimum atomic E-state index is -4.72. The maximum atomic E-state index is 12.6. The summed E-state index contributed by atoms with van der Waals surface area (Å²) in [6, 6.07) is 6.14. The Balaban J connectivity index is 1.84. The monoisotopic (exact) mass is 386 g/mol. The molecular weight excluding hydrogens is 357 g/mol. The molecule has 3 rings (SSSR count). The molecule has 0 bridgehead atoms. The molecule has 1 aliphatic heterocycles. The molecule has 1 aromatic rings. The molecule has 1 N–H and O–H groups in total. The van der Waals surface area contributed by atoms with Crippen molar-refractivity contribution in [3.63, 3.8) is 0 Å². The average Bonchev–Trinajstić information content (AvgIpc) is 2.93. The van der Waals surface area contributed by atoms with E-state index in [2.05, 4.69) is 28.5 Å². The third kappa shape index (κ3) is 5.36. The summed E-state index contributed by atoms with van der Waals surface area (Å²) >= 11 is 0. The largest absolute Gasteiger partial charge is 0.573 e. The molecule has 1 aromatic carbocycles. The quantitative estimate of drug-likeness (QED) is 0.841. The number of nitrogens with zero attached hydrogens (tertiary/aromatic N) is 2. The number of hydrogen-bond acceptors (Lipinski definition) is 4. The normalized spacial score (nSPS) is 29.0. The summed E-state index contributed by atoms with van der Waals surface area (Å²) < 4.78 is 42.0. The topological polar surface area (TPSA) is 35.9 Å². The van der Waals surface area contributed by atoms with Crippen molar-refractivity contribution in [3.05, 3.63) is 29.8 Å². The number of ether oxygens (including phenoxy) is 1. The summed E-state index contributed by atoms with van der Waals surface area (Å²) in [5.41, 5.74) is -0.174. The standard InChI is InChI=1S/C20H29F3N2O2/c1-15-6-7-19(26,13-15)18(14-25-10-8-24(2)9-11-25)16-4-3-5-17(12-16)27-20(21,22)23/h3-5,12,15,18,26H,6-11,13-14H2,1-2H3/t15-,18?,19?/m1/s1. The van der Waals surface area contributed by atoms with Crippen molar-refractivity contribution in [1.29, 1.82) is 0 Å². The lowest BCUT2D eigenvalue weighted by Gasteiger charge is -2.40. The molecule has 7 heteroatoms. The van der Waals surface area contributed by atoms with Gasteiger partial charge >= 0.3 is 6.36 Å². The fourth-order valence-corrected chi connectivity index (χ4v) is 4.42. The smallest absolute Gasteiger partial charge is 0.406 e. The van der Waals surface area contributed by atoms with E-state index < -0.39 is 12.0 Å². The van der Waals surface area contributed by atoms with Gasteiger partial charge in [0.05, 0.1) is 5.60 Å². The van der Waals surface area contributed by atoms with Crippen molar-refractivity contribution in [2.75, 3.05) is 39.8 Å². The molecule has 0 amide bonds. The van der Waals surface area contributed by atoms with Crippen LogP contribution in [0.15, 0.2) is 24.3 Å². The van der Waals surface area contributed by atoms with Crippen molar-refractivity contribution >= 4 is 0 Å². The van der Waals surface area contributed by atoms with Crippen molar-refractivity contribution < 1.29 is 23.0 Å². The molecule has 2 fully saturated rings. The van der Waals surface area contributed by atoms with Gasteiger partial charge in [-0.2, -0.15) is 0 Å². The second-order valence-electron chi connectivity index (χ2n) is 8.23. The van der Waals surface area contributed by atoms with Crippen molar-refractivity contribution in [1.82, 2.24) is 9.80 Å². The van der Waals surface area contributed by atoms with Gasteiger partial charge < -0.3 is 19.6 Å². The summed E-state index contributed by atoms with van der Waals surface area (Å²) in [7, 11) is 2.08. The fraction of sp³-hybridized carbons (Fsp3) is 0.700. The highest BCUT2D eigenvalue weighted by molar-refractivity contribution is 5.33. The van der Waals surface area contributed by atoms with Gasteiger partial charge in [-0.1, -0.05) is 19.1 Å². The molecule has 0 spiro atoms. The van der Waals surface area contributed by atoms with Crippen LogP contribution in [0.3, 0.4) is 0 Å². The zero-order chi connectivity index (χ0) is 19.7. The first-order chi connectivity index (χ1) is 12.6. The Morgan fingerprint density at radius 2 is 1.96 bits per heavy atom. The number of rotatable bonds is 5. The van der Waals surface area contributed by atoms with Crippen LogP contribution in [-0.2, 0) is 0 Å². The summed E-state index contributed by atoms with van der Waals surface area (Å²) in [6.07, 6.45) is -2.43. The lowest BCUT2D eigenvalue weighted by atomic mass is 9.79. The molecule has 1 aliphatic carbocycles. The Morgan fingerprint density at radius 3 is 2.56 bits per heavy atom. The van der Waals surface area contributed by atoms with E-state index in [9.17, 15) is 18.3 Å². The Morgan fingerprint density at radius 1 is 1.26 bits per heavy atom. The SMILES string of the molecule is C[C@@H]1CCC(O)(C(CN2CCN(C)CC2)c2cccc(OC(F)(F)F)c2)C1. The zero-order valence-electron chi connectivity index (χ0n) is 16.0. The van der Waals surface area contributed by atoms with Gasteiger partial charge in [0, 0.05) is 38.6 Å². The molecule has 152 valence electrons. The number of benzene rings is 1. The number of aliphatic hydroxyl groups is 1. The highest BCUT2D eigenvalue weighted by atomic mass is 19.4. The fourth-order valence-electron chi connectivity index (χ4n) is 4.42. The van der Waals surface area contributed by atoms with E-state index in [1.54, 1.807) is 6.07 Å². The number of halogens is 3. The van der Waals surface area contributed by atoms with Gasteiger partial charge in [-0.05, 0) is 49.9 Å². The van der Waals surface area contributed by atoms with E-state index in [0.717, 1.165) is 32.6 Å². The van der Waals surface area contributed by atoms with Crippen molar-refractivity contribution in [3.8, 4) is 5.75 Å². The van der Waals surface area contributed by atoms with E-state index in [1.165, 1.54) is 12.1 Å². The minimum Gasteiger partial charge on any atom is -0.406 e. The van der Waals surface area contributed by atoms with Crippen LogP contribution in [0.2, 0.25) is 0 Å². The summed E-state index contributed by atoms with van der Waals surface area (Å²) in [5.74, 6) is -0.0414. The van der Waals surface area contributed by atoms with Crippen LogP contribution in [0.5, 0.6) is 5.75 Å². The predicted molar refractivity (Wildman–Crippen MR) is 97.8 cm³/mol. The van der Waals surface area contributed by atoms with Crippen LogP contribution in [0.4, 0.5) is 13.2 Å². The molecule has 2 aliphatic rings. The number of alkyl halides is 3. The van der Waals surface area contributed by atoms with Crippen LogP contribution in [-0.4, -0.2) is 66.6 Å². The Bertz CT molecular complexity index is 632. The molecule has 1 heterocycles. The lowest BCUT2D eigenvalue weighted by Crippen LogP contribution is -2.49. The Kier molecular flexibility index (Phi) is 6.03. The molecule has 4 nitrogen and oxygen atoms in total. The number of piperazine rings is 1. The van der Waals surface area contributed by atoms with Gasteiger partial charge in [0.25, 0.3) is 0 Å². The van der Waals surface area contributed by atoms with Gasteiger partial charge in [-0.25, -0.2) is 0 Å². The first-order valence-corrected chi connectivity index (χ1v) is 9.64. The Labute approximate surface area is 158 Å². The highest BCUT2D eigenvalue weighted by Crippen LogP contribution is 2.45. The van der Waals surface area contributed by atoms with E-state index in [1.807, 2.05) is 6.07 Å². The maximum Gasteiger partial charge on any atom is 0.573 e. The van der Waals surface area contributed by atoms with E-state index >= 15 is 0 Å². The molecule has 3 atom stereocenters. The summed E-state index contributed by atoms with van der Waals surface area (Å²) in [5, 5.41) is 11.4. The van der Waals surface area contributed by atoms with Gasteiger partial charge in [-0.3, -0.25) is 0 Å². The molecule has 0 aromatic heterocycles. The number of likely N-dealkylation sites (N-methyl/N-ethyl adjacent to an activating group) is 1. The number of hydrogen-bond donors (Lipinski definition) is 1. The van der Waals surface area contributed by atoms with E-state index in [4.69, 9.17) is 0 Å². The molecular formula is C20H29F3N2O2. The molecule has 1 saturated heterocycles. The van der Waals surface area contributed by atoms with Crippen LogP contribution in [0.1, 0.15) is 37.7 Å². The summed E-state index contributed by atoms with van der Waals surface area (Å²) in [6.45, 7) is 6.48.